The number of hydrogen-bond donors (Lipinski definition) is 0. The van der Waals surface area contributed by atoms with Crippen molar-refractivity contribution in [2.75, 3.05) is 46.3 Å². The first-order chi connectivity index (χ1) is 15.9. The molecule has 33 heavy (non-hydrogen) atoms. The van der Waals surface area contributed by atoms with Crippen molar-refractivity contribution in [1.29, 1.82) is 0 Å². The molecule has 2 aliphatic heterocycles. The summed E-state index contributed by atoms with van der Waals surface area (Å²) in [5.74, 6) is 0.103. The minimum absolute atomic E-state index is 0.0801. The number of piperidine rings is 1. The van der Waals surface area contributed by atoms with Crippen LogP contribution in [0.1, 0.15) is 28.8 Å². The van der Waals surface area contributed by atoms with Crippen molar-refractivity contribution in [2.24, 2.45) is 5.92 Å². The number of amides is 2. The maximum atomic E-state index is 13.3. The zero-order valence-corrected chi connectivity index (χ0v) is 19.2. The van der Waals surface area contributed by atoms with Gasteiger partial charge in [-0.2, -0.15) is 0 Å². The van der Waals surface area contributed by atoms with E-state index in [4.69, 9.17) is 4.74 Å². The van der Waals surface area contributed by atoms with Gasteiger partial charge in [0.2, 0.25) is 5.91 Å². The predicted octanol–water partition coefficient (Wildman–Crippen LogP) is 2.60. The molecule has 4 rings (SSSR count). The fourth-order valence-corrected chi connectivity index (χ4v) is 4.50. The smallest absolute Gasteiger partial charge is 0.255 e. The quantitative estimate of drug-likeness (QED) is 0.695. The van der Waals surface area contributed by atoms with Crippen molar-refractivity contribution in [2.45, 2.75) is 25.9 Å². The van der Waals surface area contributed by atoms with Gasteiger partial charge >= 0.3 is 0 Å². The molecule has 0 spiro atoms. The van der Waals surface area contributed by atoms with Crippen molar-refractivity contribution in [3.8, 4) is 5.75 Å². The van der Waals surface area contributed by atoms with Gasteiger partial charge in [-0.15, -0.1) is 0 Å². The molecular formula is C25H31FN4O3. The van der Waals surface area contributed by atoms with E-state index in [-0.39, 0.29) is 29.7 Å². The molecule has 2 atom stereocenters. The largest absolute Gasteiger partial charge is 0.490 e. The number of piperazine rings is 1. The summed E-state index contributed by atoms with van der Waals surface area (Å²) < 4.78 is 19.5. The molecule has 8 heteroatoms. The van der Waals surface area contributed by atoms with Crippen LogP contribution in [-0.2, 0) is 4.79 Å². The lowest BCUT2D eigenvalue weighted by Gasteiger charge is -2.40. The van der Waals surface area contributed by atoms with Crippen LogP contribution in [0.4, 0.5) is 4.39 Å². The molecule has 2 amide bonds. The summed E-state index contributed by atoms with van der Waals surface area (Å²) >= 11 is 0. The van der Waals surface area contributed by atoms with Gasteiger partial charge in [0, 0.05) is 70.4 Å². The molecule has 7 nitrogen and oxygen atoms in total. The molecular weight excluding hydrogens is 423 g/mol. The predicted molar refractivity (Wildman–Crippen MR) is 122 cm³/mol. The third kappa shape index (κ3) is 5.87. The number of benzene rings is 1. The van der Waals surface area contributed by atoms with Crippen LogP contribution in [0.2, 0.25) is 0 Å². The Balaban J connectivity index is 1.48. The van der Waals surface area contributed by atoms with E-state index in [2.05, 4.69) is 16.9 Å². The highest BCUT2D eigenvalue weighted by atomic mass is 19.1. The molecule has 0 saturated carbocycles. The van der Waals surface area contributed by atoms with Crippen LogP contribution in [0, 0.1) is 18.7 Å². The first-order valence-electron chi connectivity index (χ1n) is 11.5. The molecule has 2 saturated heterocycles. The average Bonchev–Trinajstić information content (AvgIpc) is 2.81. The second-order valence-corrected chi connectivity index (χ2v) is 9.05. The van der Waals surface area contributed by atoms with Crippen molar-refractivity contribution < 1.29 is 18.7 Å². The summed E-state index contributed by atoms with van der Waals surface area (Å²) in [7, 11) is 2.05. The third-order valence-corrected chi connectivity index (χ3v) is 6.47. The summed E-state index contributed by atoms with van der Waals surface area (Å²) in [6.07, 6.45) is 3.98. The number of carbonyl (C=O) groups is 2. The van der Waals surface area contributed by atoms with Crippen LogP contribution in [-0.4, -0.2) is 83.9 Å². The van der Waals surface area contributed by atoms with Crippen molar-refractivity contribution in [3.63, 3.8) is 0 Å². The van der Waals surface area contributed by atoms with E-state index in [0.717, 1.165) is 18.7 Å². The number of nitrogens with zero attached hydrogens (tertiary/aromatic N) is 4. The minimum Gasteiger partial charge on any atom is -0.490 e. The zero-order valence-electron chi connectivity index (χ0n) is 19.2. The Hall–Kier alpha value is -3.00. The van der Waals surface area contributed by atoms with Crippen LogP contribution < -0.4 is 4.74 Å². The van der Waals surface area contributed by atoms with E-state index in [1.807, 2.05) is 17.9 Å². The van der Waals surface area contributed by atoms with Gasteiger partial charge in [0.1, 0.15) is 17.7 Å². The maximum absolute atomic E-state index is 13.3. The van der Waals surface area contributed by atoms with Crippen molar-refractivity contribution >= 4 is 11.8 Å². The van der Waals surface area contributed by atoms with Crippen LogP contribution >= 0.6 is 0 Å². The van der Waals surface area contributed by atoms with E-state index in [1.54, 1.807) is 29.4 Å². The normalized spacial score (nSPS) is 21.7. The Labute approximate surface area is 194 Å². The van der Waals surface area contributed by atoms with Gasteiger partial charge in [0.25, 0.3) is 5.91 Å². The average molecular weight is 455 g/mol. The summed E-state index contributed by atoms with van der Waals surface area (Å²) in [6.45, 7) is 6.00. The van der Waals surface area contributed by atoms with E-state index in [0.29, 0.717) is 50.3 Å². The molecule has 176 valence electrons. The topological polar surface area (TPSA) is 66.0 Å². The number of ether oxygens (including phenoxy) is 1. The SMILES string of the molecule is Cc1cncc(C(=O)N2CC[C@H](Oc3ccc(F)cc3)[C@@H](CC(=O)N3CCN(C)CC3)C2)c1. The van der Waals surface area contributed by atoms with Gasteiger partial charge in [0.05, 0.1) is 5.56 Å². The summed E-state index contributed by atoms with van der Waals surface area (Å²) in [6, 6.07) is 7.77. The number of aromatic nitrogens is 1. The molecule has 0 radical (unpaired) electrons. The number of hydrogen-bond acceptors (Lipinski definition) is 5. The molecule has 0 unspecified atom stereocenters. The highest BCUT2D eigenvalue weighted by Crippen LogP contribution is 2.27. The Morgan fingerprint density at radius 1 is 1.06 bits per heavy atom. The van der Waals surface area contributed by atoms with Crippen LogP contribution in [0.3, 0.4) is 0 Å². The van der Waals surface area contributed by atoms with E-state index in [1.165, 1.54) is 12.1 Å². The number of rotatable bonds is 5. The molecule has 1 aromatic heterocycles. The molecule has 0 N–H and O–H groups in total. The lowest BCUT2D eigenvalue weighted by molar-refractivity contribution is -0.135. The third-order valence-electron chi connectivity index (χ3n) is 6.47. The number of halogens is 1. The first kappa shape index (κ1) is 23.2. The fraction of sp³-hybridized carbons (Fsp3) is 0.480. The van der Waals surface area contributed by atoms with Gasteiger partial charge in [-0.3, -0.25) is 14.6 Å². The maximum Gasteiger partial charge on any atom is 0.255 e. The fourth-order valence-electron chi connectivity index (χ4n) is 4.50. The van der Waals surface area contributed by atoms with Gasteiger partial charge in [-0.25, -0.2) is 4.39 Å². The molecule has 1 aromatic carbocycles. The second-order valence-electron chi connectivity index (χ2n) is 9.05. The van der Waals surface area contributed by atoms with Gasteiger partial charge < -0.3 is 19.4 Å². The van der Waals surface area contributed by atoms with Gasteiger partial charge in [-0.1, -0.05) is 0 Å². The number of pyridine rings is 1. The number of likely N-dealkylation sites (tertiary alicyclic amines) is 1. The first-order valence-corrected chi connectivity index (χ1v) is 11.5. The molecule has 2 fully saturated rings. The highest BCUT2D eigenvalue weighted by molar-refractivity contribution is 5.94. The summed E-state index contributed by atoms with van der Waals surface area (Å²) in [5, 5.41) is 0. The van der Waals surface area contributed by atoms with Gasteiger partial charge in [-0.05, 0) is 49.9 Å². The molecule has 2 aromatic rings. The highest BCUT2D eigenvalue weighted by Gasteiger charge is 2.36. The molecule has 2 aliphatic rings. The lowest BCUT2D eigenvalue weighted by Crippen LogP contribution is -2.51. The molecule has 0 bridgehead atoms. The minimum atomic E-state index is -0.323. The summed E-state index contributed by atoms with van der Waals surface area (Å²) in [5.41, 5.74) is 1.48. The van der Waals surface area contributed by atoms with Crippen LogP contribution in [0.5, 0.6) is 5.75 Å². The van der Waals surface area contributed by atoms with Crippen LogP contribution in [0.25, 0.3) is 0 Å². The van der Waals surface area contributed by atoms with E-state index >= 15 is 0 Å². The molecule has 3 heterocycles. The Kier molecular flexibility index (Phi) is 7.23. The Morgan fingerprint density at radius 2 is 1.79 bits per heavy atom. The Morgan fingerprint density at radius 3 is 2.48 bits per heavy atom. The number of aryl methyl sites for hydroxylation is 1. The summed E-state index contributed by atoms with van der Waals surface area (Å²) in [4.78, 5) is 36.3. The van der Waals surface area contributed by atoms with Crippen LogP contribution in [0.15, 0.2) is 42.7 Å². The molecule has 0 aliphatic carbocycles. The number of likely N-dealkylation sites (N-methyl/N-ethyl adjacent to an activating group) is 1. The standard InChI is InChI=1S/C25H31FN4O3/c1-18-13-19(16-27-15-18)25(32)30-8-7-23(33-22-5-3-21(26)4-6-22)20(17-30)14-24(31)29-11-9-28(2)10-12-29/h3-6,13,15-16,20,23H,7-12,14,17H2,1-2H3/t20-,23-/m0/s1. The van der Waals surface area contributed by atoms with Gasteiger partial charge in [0.15, 0.2) is 0 Å². The van der Waals surface area contributed by atoms with E-state index in [9.17, 15) is 14.0 Å². The van der Waals surface area contributed by atoms with Crippen molar-refractivity contribution in [1.82, 2.24) is 19.7 Å². The zero-order chi connectivity index (χ0) is 23.4. The second kappa shape index (κ2) is 10.3. The Bertz CT molecular complexity index is 976. The van der Waals surface area contributed by atoms with Crippen molar-refractivity contribution in [3.05, 3.63) is 59.7 Å². The number of carbonyl (C=O) groups excluding carboxylic acids is 2. The monoisotopic (exact) mass is 454 g/mol. The lowest BCUT2D eigenvalue weighted by atomic mass is 9.90. The van der Waals surface area contributed by atoms with E-state index < -0.39 is 0 Å².